The van der Waals surface area contributed by atoms with Gasteiger partial charge in [0.15, 0.2) is 0 Å². The monoisotopic (exact) mass is 387 g/mol. The van der Waals surface area contributed by atoms with Crippen LogP contribution < -0.4 is 11.1 Å². The molecule has 144 valence electrons. The molecule has 0 aliphatic carbocycles. The number of nitrogens with two attached hydrogens (primary N) is 1. The van der Waals surface area contributed by atoms with Crippen molar-refractivity contribution < 1.29 is 9.59 Å². The van der Waals surface area contributed by atoms with E-state index in [4.69, 9.17) is 5.73 Å². The number of amides is 2. The highest BCUT2D eigenvalue weighted by Crippen LogP contribution is 2.21. The lowest BCUT2D eigenvalue weighted by Gasteiger charge is -2.33. The molecule has 1 heterocycles. The second kappa shape index (κ2) is 10.1. The predicted octanol–water partition coefficient (Wildman–Crippen LogP) is 2.66. The third-order valence-electron chi connectivity index (χ3n) is 4.91. The number of likely N-dealkylation sites (tertiary alicyclic amines) is 1. The van der Waals surface area contributed by atoms with E-state index in [2.05, 4.69) is 5.32 Å². The first-order valence-electron chi connectivity index (χ1n) is 9.06. The number of carbonyl (C=O) groups is 2. The Kier molecular flexibility index (Phi) is 7.82. The van der Waals surface area contributed by atoms with Gasteiger partial charge in [-0.25, -0.2) is 0 Å². The van der Waals surface area contributed by atoms with E-state index >= 15 is 0 Å². The zero-order chi connectivity index (χ0) is 18.4. The molecule has 5 nitrogen and oxygen atoms in total. The van der Waals surface area contributed by atoms with E-state index in [1.165, 1.54) is 0 Å². The number of benzene rings is 2. The van der Waals surface area contributed by atoms with Gasteiger partial charge in [-0.1, -0.05) is 60.7 Å². The molecule has 0 saturated carbocycles. The quantitative estimate of drug-likeness (QED) is 0.828. The maximum Gasteiger partial charge on any atom is 0.244 e. The first-order chi connectivity index (χ1) is 12.6. The third kappa shape index (κ3) is 5.55. The standard InChI is InChI=1S/C21H25N3O2.ClH/c22-19(17-9-5-2-6-10-17)21(26)24-13-11-18(12-14-24)20(25)23-15-16-7-3-1-4-8-16;/h1-10,18-19H,11-15,22H2,(H,23,25);1H. The van der Waals surface area contributed by atoms with Gasteiger partial charge in [-0.05, 0) is 24.0 Å². The van der Waals surface area contributed by atoms with Crippen molar-refractivity contribution in [3.05, 3.63) is 71.8 Å². The van der Waals surface area contributed by atoms with Crippen LogP contribution in [-0.4, -0.2) is 29.8 Å². The average Bonchev–Trinajstić information content (AvgIpc) is 2.72. The number of nitrogens with zero attached hydrogens (tertiary/aromatic N) is 1. The lowest BCUT2D eigenvalue weighted by atomic mass is 9.95. The minimum atomic E-state index is -0.639. The van der Waals surface area contributed by atoms with Crippen LogP contribution in [0.25, 0.3) is 0 Å². The van der Waals surface area contributed by atoms with Crippen molar-refractivity contribution in [3.8, 4) is 0 Å². The molecule has 2 aromatic carbocycles. The highest BCUT2D eigenvalue weighted by atomic mass is 35.5. The molecular formula is C21H26ClN3O2. The average molecular weight is 388 g/mol. The summed E-state index contributed by atoms with van der Waals surface area (Å²) in [5.74, 6) is -0.0524. The van der Waals surface area contributed by atoms with Crippen LogP contribution in [0.4, 0.5) is 0 Å². The van der Waals surface area contributed by atoms with Gasteiger partial charge in [0.05, 0.1) is 0 Å². The largest absolute Gasteiger partial charge is 0.352 e. The summed E-state index contributed by atoms with van der Waals surface area (Å²) in [5, 5.41) is 2.99. The Bertz CT molecular complexity index is 732. The minimum absolute atomic E-state index is 0. The smallest absolute Gasteiger partial charge is 0.244 e. The van der Waals surface area contributed by atoms with Gasteiger partial charge < -0.3 is 16.0 Å². The molecule has 1 atom stereocenters. The molecule has 27 heavy (non-hydrogen) atoms. The number of nitrogens with one attached hydrogen (secondary N) is 1. The molecule has 1 unspecified atom stereocenters. The number of hydrogen-bond donors (Lipinski definition) is 2. The maximum atomic E-state index is 12.6. The molecule has 1 aliphatic rings. The predicted molar refractivity (Wildman–Crippen MR) is 108 cm³/mol. The second-order valence-electron chi connectivity index (χ2n) is 6.69. The van der Waals surface area contributed by atoms with Crippen molar-refractivity contribution in [2.75, 3.05) is 13.1 Å². The van der Waals surface area contributed by atoms with E-state index < -0.39 is 6.04 Å². The molecule has 3 rings (SSSR count). The molecular weight excluding hydrogens is 362 g/mol. The Morgan fingerprint density at radius 1 is 1.00 bits per heavy atom. The van der Waals surface area contributed by atoms with Crippen LogP contribution in [0, 0.1) is 5.92 Å². The summed E-state index contributed by atoms with van der Waals surface area (Å²) in [7, 11) is 0. The molecule has 1 saturated heterocycles. The van der Waals surface area contributed by atoms with E-state index in [1.54, 1.807) is 4.90 Å². The van der Waals surface area contributed by atoms with Crippen LogP contribution in [0.5, 0.6) is 0 Å². The van der Waals surface area contributed by atoms with Crippen molar-refractivity contribution in [1.29, 1.82) is 0 Å². The van der Waals surface area contributed by atoms with Crippen LogP contribution in [-0.2, 0) is 16.1 Å². The maximum absolute atomic E-state index is 12.6. The Balaban J connectivity index is 0.00000261. The first-order valence-corrected chi connectivity index (χ1v) is 9.06. The lowest BCUT2D eigenvalue weighted by Crippen LogP contribution is -2.45. The van der Waals surface area contributed by atoms with Crippen LogP contribution in [0.3, 0.4) is 0 Å². The van der Waals surface area contributed by atoms with Crippen LogP contribution in [0.15, 0.2) is 60.7 Å². The van der Waals surface area contributed by atoms with Crippen molar-refractivity contribution in [2.24, 2.45) is 11.7 Å². The third-order valence-corrected chi connectivity index (χ3v) is 4.91. The minimum Gasteiger partial charge on any atom is -0.352 e. The van der Waals surface area contributed by atoms with E-state index in [0.717, 1.165) is 11.1 Å². The van der Waals surface area contributed by atoms with Gasteiger partial charge >= 0.3 is 0 Å². The van der Waals surface area contributed by atoms with Crippen LogP contribution in [0.2, 0.25) is 0 Å². The van der Waals surface area contributed by atoms with Gasteiger partial charge in [0.1, 0.15) is 6.04 Å². The zero-order valence-electron chi connectivity index (χ0n) is 15.2. The van der Waals surface area contributed by atoms with Gasteiger partial charge in [0, 0.05) is 25.6 Å². The highest BCUT2D eigenvalue weighted by Gasteiger charge is 2.29. The Labute approximate surface area is 166 Å². The van der Waals surface area contributed by atoms with E-state index in [9.17, 15) is 9.59 Å². The molecule has 0 aromatic heterocycles. The van der Waals surface area contributed by atoms with Gasteiger partial charge in [-0.3, -0.25) is 9.59 Å². The second-order valence-corrected chi connectivity index (χ2v) is 6.69. The first kappa shape index (κ1) is 20.9. The van der Waals surface area contributed by atoms with Gasteiger partial charge in [0.25, 0.3) is 0 Å². The summed E-state index contributed by atoms with van der Waals surface area (Å²) in [6, 6.07) is 18.6. The van der Waals surface area contributed by atoms with Crippen molar-refractivity contribution in [3.63, 3.8) is 0 Å². The van der Waals surface area contributed by atoms with E-state index in [0.29, 0.717) is 32.5 Å². The van der Waals surface area contributed by atoms with Crippen molar-refractivity contribution in [2.45, 2.75) is 25.4 Å². The molecule has 3 N–H and O–H groups in total. The fraction of sp³-hybridized carbons (Fsp3) is 0.333. The highest BCUT2D eigenvalue weighted by molar-refractivity contribution is 5.85. The summed E-state index contributed by atoms with van der Waals surface area (Å²) in [6.45, 7) is 1.68. The fourth-order valence-electron chi connectivity index (χ4n) is 3.29. The molecule has 2 aromatic rings. The van der Waals surface area contributed by atoms with Gasteiger partial charge in [-0.2, -0.15) is 0 Å². The summed E-state index contributed by atoms with van der Waals surface area (Å²) in [6.07, 6.45) is 1.35. The number of carbonyl (C=O) groups excluding carboxylic acids is 2. The molecule has 0 bridgehead atoms. The molecule has 1 aliphatic heterocycles. The summed E-state index contributed by atoms with van der Waals surface area (Å²) >= 11 is 0. The lowest BCUT2D eigenvalue weighted by molar-refractivity contribution is -0.136. The zero-order valence-corrected chi connectivity index (χ0v) is 16.0. The number of halogens is 1. The van der Waals surface area contributed by atoms with E-state index in [1.807, 2.05) is 60.7 Å². The SMILES string of the molecule is Cl.NC(C(=O)N1CCC(C(=O)NCc2ccccc2)CC1)c1ccccc1. The summed E-state index contributed by atoms with van der Waals surface area (Å²) < 4.78 is 0. The van der Waals surface area contributed by atoms with Crippen molar-refractivity contribution >= 4 is 24.2 Å². The Morgan fingerprint density at radius 3 is 2.15 bits per heavy atom. The normalized spacial score (nSPS) is 15.5. The topological polar surface area (TPSA) is 75.4 Å². The van der Waals surface area contributed by atoms with Crippen molar-refractivity contribution in [1.82, 2.24) is 10.2 Å². The van der Waals surface area contributed by atoms with Gasteiger partial charge in [-0.15, -0.1) is 12.4 Å². The van der Waals surface area contributed by atoms with E-state index in [-0.39, 0.29) is 30.1 Å². The number of rotatable bonds is 5. The molecule has 1 fully saturated rings. The summed E-state index contributed by atoms with van der Waals surface area (Å²) in [5.41, 5.74) is 8.01. The molecule has 0 spiro atoms. The Hall–Kier alpha value is -2.37. The fourth-order valence-corrected chi connectivity index (χ4v) is 3.29. The summed E-state index contributed by atoms with van der Waals surface area (Å²) in [4.78, 5) is 26.7. The van der Waals surface area contributed by atoms with Gasteiger partial charge in [0.2, 0.25) is 11.8 Å². The number of hydrogen-bond acceptors (Lipinski definition) is 3. The van der Waals surface area contributed by atoms with Crippen LogP contribution in [0.1, 0.15) is 30.0 Å². The van der Waals surface area contributed by atoms with Crippen LogP contribution >= 0.6 is 12.4 Å². The molecule has 2 amide bonds. The molecule has 0 radical (unpaired) electrons. The number of piperidine rings is 1. The Morgan fingerprint density at radius 2 is 1.56 bits per heavy atom. The molecule has 6 heteroatoms.